The van der Waals surface area contributed by atoms with Gasteiger partial charge in [0.15, 0.2) is 0 Å². The van der Waals surface area contributed by atoms with E-state index in [9.17, 15) is 0 Å². The molecule has 0 saturated heterocycles. The van der Waals surface area contributed by atoms with Crippen molar-refractivity contribution in [2.24, 2.45) is 0 Å². The lowest BCUT2D eigenvalue weighted by molar-refractivity contribution is 1.25. The highest BCUT2D eigenvalue weighted by Gasteiger charge is 2.27. The van der Waals surface area contributed by atoms with E-state index in [-0.39, 0.29) is 0 Å². The Bertz CT molecular complexity index is 2610. The van der Waals surface area contributed by atoms with Crippen LogP contribution in [0, 0.1) is 6.92 Å². The highest BCUT2D eigenvalue weighted by atomic mass is 32.1. The van der Waals surface area contributed by atoms with E-state index in [1.54, 1.807) is 11.3 Å². The molecule has 2 aromatic heterocycles. The van der Waals surface area contributed by atoms with Crippen molar-refractivity contribution in [2.75, 3.05) is 0 Å². The van der Waals surface area contributed by atoms with Gasteiger partial charge in [-0.15, -0.1) is 11.3 Å². The van der Waals surface area contributed by atoms with Crippen LogP contribution in [-0.4, -0.2) is 4.98 Å². The maximum atomic E-state index is 5.50. The van der Waals surface area contributed by atoms with Gasteiger partial charge in [0.2, 0.25) is 0 Å². The minimum absolute atomic E-state index is 1.01. The van der Waals surface area contributed by atoms with Crippen LogP contribution in [0.4, 0.5) is 0 Å². The van der Waals surface area contributed by atoms with Gasteiger partial charge in [-0.3, -0.25) is 4.98 Å². The fraction of sp³-hybridized carbons (Fsp3) is 0.0208. The summed E-state index contributed by atoms with van der Waals surface area (Å²) in [4.78, 5) is 5.50. The third kappa shape index (κ3) is 5.05. The summed E-state index contributed by atoms with van der Waals surface area (Å²) in [5, 5.41) is 5.85. The molecule has 0 aliphatic rings. The Balaban J connectivity index is 1.56. The van der Waals surface area contributed by atoms with Crippen molar-refractivity contribution >= 4 is 32.2 Å². The van der Waals surface area contributed by atoms with E-state index in [1.807, 2.05) is 0 Å². The molecule has 0 radical (unpaired) electrons. The maximum absolute atomic E-state index is 5.50. The van der Waals surface area contributed by atoms with Crippen LogP contribution in [0.25, 0.3) is 87.8 Å². The van der Waals surface area contributed by atoms with Crippen LogP contribution in [0.2, 0.25) is 0 Å². The number of benzene rings is 7. The Labute approximate surface area is 296 Å². The maximum Gasteiger partial charge on any atom is 0.0797 e. The van der Waals surface area contributed by atoms with Crippen molar-refractivity contribution in [3.63, 3.8) is 0 Å². The average molecular weight is 656 g/mol. The van der Waals surface area contributed by atoms with Crippen LogP contribution < -0.4 is 0 Å². The summed E-state index contributed by atoms with van der Waals surface area (Å²) in [5.41, 5.74) is 15.1. The van der Waals surface area contributed by atoms with Crippen molar-refractivity contribution < 1.29 is 0 Å². The molecule has 0 spiro atoms. The fourth-order valence-corrected chi connectivity index (χ4v) is 8.46. The lowest BCUT2D eigenvalue weighted by Gasteiger charge is -2.26. The smallest absolute Gasteiger partial charge is 0.0797 e. The van der Waals surface area contributed by atoms with Crippen molar-refractivity contribution in [1.29, 1.82) is 0 Å². The molecule has 0 amide bonds. The summed E-state index contributed by atoms with van der Waals surface area (Å²) in [7, 11) is 0. The van der Waals surface area contributed by atoms with Gasteiger partial charge < -0.3 is 0 Å². The second kappa shape index (κ2) is 12.7. The number of pyridine rings is 1. The molecule has 0 aliphatic carbocycles. The van der Waals surface area contributed by atoms with Crippen LogP contribution >= 0.6 is 11.3 Å². The molecule has 0 N–H and O–H groups in total. The highest BCUT2D eigenvalue weighted by molar-refractivity contribution is 7.17. The summed E-state index contributed by atoms with van der Waals surface area (Å²) < 4.78 is 1.23. The summed E-state index contributed by atoms with van der Waals surface area (Å²) in [5.74, 6) is 0. The number of fused-ring (bicyclic) bond motifs is 2. The Morgan fingerprint density at radius 3 is 1.34 bits per heavy atom. The number of thiophene rings is 1. The van der Waals surface area contributed by atoms with Gasteiger partial charge in [0.1, 0.15) is 0 Å². The molecule has 0 fully saturated rings. The summed E-state index contributed by atoms with van der Waals surface area (Å²) in [6.45, 7) is 2.15. The number of hydrogen-bond acceptors (Lipinski definition) is 2. The molecule has 0 bridgehead atoms. The zero-order chi connectivity index (χ0) is 33.4. The van der Waals surface area contributed by atoms with E-state index >= 15 is 0 Å². The first-order valence-corrected chi connectivity index (χ1v) is 17.9. The Hall–Kier alpha value is -6.09. The van der Waals surface area contributed by atoms with Crippen molar-refractivity contribution in [3.05, 3.63) is 187 Å². The standard InChI is InChI=1S/C48H33NS/c1-32-48-40(30-31-50-48)42(34-20-9-3-10-21-34)47(49-32)39-29-17-28-38-41(33-18-7-2-8-19-33)43(35-22-11-4-12-23-35)44(36-24-13-5-14-25-36)45(46(38)39)37-26-15-6-16-27-37/h2-31H,1H3. The van der Waals surface area contributed by atoms with Crippen molar-refractivity contribution in [2.45, 2.75) is 6.92 Å². The lowest BCUT2D eigenvalue weighted by Crippen LogP contribution is -2.00. The molecular formula is C48H33NS. The molecule has 236 valence electrons. The zero-order valence-electron chi connectivity index (χ0n) is 27.7. The largest absolute Gasteiger partial charge is 0.251 e. The Morgan fingerprint density at radius 2 is 0.820 bits per heavy atom. The second-order valence-corrected chi connectivity index (χ2v) is 13.6. The molecule has 9 aromatic rings. The molecule has 0 unspecified atom stereocenters. The first-order valence-electron chi connectivity index (χ1n) is 17.1. The summed E-state index contributed by atoms with van der Waals surface area (Å²) >= 11 is 1.77. The molecule has 0 atom stereocenters. The van der Waals surface area contributed by atoms with E-state index in [2.05, 4.69) is 188 Å². The number of hydrogen-bond donors (Lipinski definition) is 0. The third-order valence-electron chi connectivity index (χ3n) is 9.68. The van der Waals surface area contributed by atoms with Crippen LogP contribution in [0.3, 0.4) is 0 Å². The van der Waals surface area contributed by atoms with Gasteiger partial charge in [-0.1, -0.05) is 170 Å². The van der Waals surface area contributed by atoms with E-state index < -0.39 is 0 Å². The molecule has 2 heteroatoms. The topological polar surface area (TPSA) is 12.9 Å². The third-order valence-corrected chi connectivity index (χ3v) is 10.7. The SMILES string of the molecule is Cc1nc(-c2cccc3c(-c4ccccc4)c(-c4ccccc4)c(-c4ccccc4)c(-c4ccccc4)c23)c(-c2ccccc2)c2ccsc12. The molecule has 7 aromatic carbocycles. The summed E-state index contributed by atoms with van der Waals surface area (Å²) in [6.07, 6.45) is 0. The average Bonchev–Trinajstić information content (AvgIpc) is 3.69. The van der Waals surface area contributed by atoms with Gasteiger partial charge in [0.05, 0.1) is 16.1 Å². The van der Waals surface area contributed by atoms with Crippen molar-refractivity contribution in [1.82, 2.24) is 4.98 Å². The van der Waals surface area contributed by atoms with Gasteiger partial charge in [0, 0.05) is 21.9 Å². The fourth-order valence-electron chi connectivity index (χ4n) is 7.60. The number of aromatic nitrogens is 1. The van der Waals surface area contributed by atoms with E-state index in [4.69, 9.17) is 4.98 Å². The minimum atomic E-state index is 1.01. The Kier molecular flexibility index (Phi) is 7.65. The normalized spacial score (nSPS) is 11.3. The van der Waals surface area contributed by atoms with E-state index in [0.717, 1.165) is 17.0 Å². The van der Waals surface area contributed by atoms with Gasteiger partial charge in [-0.05, 0) is 73.8 Å². The first kappa shape index (κ1) is 30.0. The number of rotatable bonds is 6. The molecule has 0 saturated carbocycles. The first-order chi connectivity index (χ1) is 24.8. The van der Waals surface area contributed by atoms with Crippen LogP contribution in [0.15, 0.2) is 181 Å². The Morgan fingerprint density at radius 1 is 0.380 bits per heavy atom. The highest BCUT2D eigenvalue weighted by Crippen LogP contribution is 2.53. The molecule has 50 heavy (non-hydrogen) atoms. The monoisotopic (exact) mass is 655 g/mol. The number of aryl methyl sites for hydroxylation is 1. The van der Waals surface area contributed by atoms with Crippen LogP contribution in [0.5, 0.6) is 0 Å². The van der Waals surface area contributed by atoms with Gasteiger partial charge in [-0.25, -0.2) is 0 Å². The van der Waals surface area contributed by atoms with Gasteiger partial charge in [-0.2, -0.15) is 0 Å². The second-order valence-electron chi connectivity index (χ2n) is 12.6. The number of nitrogens with zero attached hydrogens (tertiary/aromatic N) is 1. The van der Waals surface area contributed by atoms with E-state index in [0.29, 0.717) is 0 Å². The molecule has 0 aliphatic heterocycles. The minimum Gasteiger partial charge on any atom is -0.251 e. The lowest BCUT2D eigenvalue weighted by atomic mass is 9.77. The van der Waals surface area contributed by atoms with Crippen molar-refractivity contribution in [3.8, 4) is 66.9 Å². The van der Waals surface area contributed by atoms with Gasteiger partial charge in [0.25, 0.3) is 0 Å². The van der Waals surface area contributed by atoms with Crippen LogP contribution in [-0.2, 0) is 0 Å². The van der Waals surface area contributed by atoms with Gasteiger partial charge >= 0.3 is 0 Å². The molecule has 9 rings (SSSR count). The zero-order valence-corrected chi connectivity index (χ0v) is 28.5. The molecule has 2 heterocycles. The molecular weight excluding hydrogens is 623 g/mol. The van der Waals surface area contributed by atoms with E-state index in [1.165, 1.54) is 76.5 Å². The quantitative estimate of drug-likeness (QED) is 0.174. The predicted octanol–water partition coefficient (Wildman–Crippen LogP) is 13.8. The molecule has 1 nitrogen and oxygen atoms in total. The summed E-state index contributed by atoms with van der Waals surface area (Å²) in [6, 6.07) is 63.5. The predicted molar refractivity (Wildman–Crippen MR) is 214 cm³/mol. The van der Waals surface area contributed by atoms with Crippen LogP contribution in [0.1, 0.15) is 5.69 Å².